The van der Waals surface area contributed by atoms with Gasteiger partial charge < -0.3 is 34.0 Å². The average Bonchev–Trinajstić information content (AvgIpc) is 2.87. The molecule has 154 valence electrons. The average molecular weight is 504 g/mol. The Morgan fingerprint density at radius 3 is 2.24 bits per heavy atom. The second-order valence-corrected chi connectivity index (χ2v) is 7.70. The Labute approximate surface area is 190 Å². The lowest BCUT2D eigenvalue weighted by Gasteiger charge is -2.20. The fourth-order valence-corrected chi connectivity index (χ4v) is 4.03. The van der Waals surface area contributed by atoms with Gasteiger partial charge in [-0.2, -0.15) is 4.58 Å². The fourth-order valence-electron chi connectivity index (χ4n) is 4.03. The quantitative estimate of drug-likeness (QED) is 0.484. The van der Waals surface area contributed by atoms with E-state index < -0.39 is 5.97 Å². The largest absolute Gasteiger partial charge is 1.00 e. The molecule has 0 radical (unpaired) electrons. The van der Waals surface area contributed by atoms with Crippen LogP contribution in [0.2, 0.25) is 0 Å². The monoisotopic (exact) mass is 504 g/mol. The van der Waals surface area contributed by atoms with Crippen molar-refractivity contribution in [1.29, 1.82) is 0 Å². The van der Waals surface area contributed by atoms with Crippen LogP contribution in [0.25, 0.3) is 6.08 Å². The highest BCUT2D eigenvalue weighted by Crippen LogP contribution is 2.40. The van der Waals surface area contributed by atoms with Crippen molar-refractivity contribution in [2.45, 2.75) is 33.1 Å². The van der Waals surface area contributed by atoms with E-state index in [2.05, 4.69) is 73.6 Å². The Morgan fingerprint density at radius 2 is 1.69 bits per heavy atom. The van der Waals surface area contributed by atoms with Crippen LogP contribution < -0.4 is 28.9 Å². The Kier molecular flexibility index (Phi) is 7.27. The van der Waals surface area contributed by atoms with Gasteiger partial charge in [0.1, 0.15) is 7.05 Å². The minimum absolute atomic E-state index is 0. The van der Waals surface area contributed by atoms with E-state index in [0.717, 1.165) is 35.6 Å². The second-order valence-electron chi connectivity index (χ2n) is 7.70. The van der Waals surface area contributed by atoms with Gasteiger partial charge in [-0.05, 0) is 63.6 Å². The third-order valence-electron chi connectivity index (χ3n) is 5.74. The standard InChI is InChI=1S/C24H28N2O2.HI/c1-6-26(7-2)19-12-8-17(9-13-19)10-15-22-24(3,4)20-16-18(23(27)28)11-14-21(20)25(22)5;/h8-16H,6-7H2,1-5H3;1H. The molecule has 0 spiro atoms. The van der Waals surface area contributed by atoms with Crippen LogP contribution >= 0.6 is 0 Å². The molecule has 2 aromatic carbocycles. The van der Waals surface area contributed by atoms with Gasteiger partial charge in [0, 0.05) is 36.5 Å². The first-order valence-electron chi connectivity index (χ1n) is 9.81. The maximum absolute atomic E-state index is 11.4. The molecule has 1 aliphatic heterocycles. The lowest BCUT2D eigenvalue weighted by molar-refractivity contribution is -0.401. The van der Waals surface area contributed by atoms with Crippen molar-refractivity contribution in [2.75, 3.05) is 25.0 Å². The van der Waals surface area contributed by atoms with E-state index in [-0.39, 0.29) is 29.4 Å². The van der Waals surface area contributed by atoms with Gasteiger partial charge in [0.05, 0.1) is 11.0 Å². The van der Waals surface area contributed by atoms with Gasteiger partial charge in [-0.15, -0.1) is 0 Å². The smallest absolute Gasteiger partial charge is 0.335 e. The van der Waals surface area contributed by atoms with Crippen LogP contribution in [0.4, 0.5) is 11.4 Å². The maximum Gasteiger partial charge on any atom is 0.335 e. The van der Waals surface area contributed by atoms with Gasteiger partial charge in [-0.1, -0.05) is 12.1 Å². The van der Waals surface area contributed by atoms with E-state index in [1.165, 1.54) is 5.69 Å². The topological polar surface area (TPSA) is 43.5 Å². The summed E-state index contributed by atoms with van der Waals surface area (Å²) in [5, 5.41) is 9.33. The molecule has 3 rings (SSSR count). The molecule has 4 nitrogen and oxygen atoms in total. The van der Waals surface area contributed by atoms with E-state index in [0.29, 0.717) is 5.56 Å². The minimum Gasteiger partial charge on any atom is -1.00 e. The molecule has 29 heavy (non-hydrogen) atoms. The van der Waals surface area contributed by atoms with Gasteiger partial charge in [-0.25, -0.2) is 4.79 Å². The van der Waals surface area contributed by atoms with Crippen LogP contribution in [0.15, 0.2) is 48.5 Å². The number of hydrogen-bond acceptors (Lipinski definition) is 2. The molecule has 2 aromatic rings. The third-order valence-corrected chi connectivity index (χ3v) is 5.74. The zero-order valence-electron chi connectivity index (χ0n) is 17.7. The number of fused-ring (bicyclic) bond motifs is 1. The number of allylic oxidation sites excluding steroid dienone is 1. The number of rotatable bonds is 6. The normalized spacial score (nSPS) is 14.7. The molecule has 0 unspecified atom stereocenters. The number of carboxylic acids is 1. The number of benzene rings is 2. The molecular formula is C24H29IN2O2. The molecule has 0 bridgehead atoms. The molecule has 0 saturated carbocycles. The first-order chi connectivity index (χ1) is 13.3. The summed E-state index contributed by atoms with van der Waals surface area (Å²) in [6.07, 6.45) is 4.27. The number of nitrogens with zero attached hydrogens (tertiary/aromatic N) is 2. The number of halogens is 1. The van der Waals surface area contributed by atoms with Crippen LogP contribution in [0.3, 0.4) is 0 Å². The highest BCUT2D eigenvalue weighted by atomic mass is 127. The van der Waals surface area contributed by atoms with Crippen LogP contribution in [-0.2, 0) is 5.41 Å². The highest BCUT2D eigenvalue weighted by molar-refractivity contribution is 6.05. The first kappa shape index (κ1) is 23.1. The summed E-state index contributed by atoms with van der Waals surface area (Å²) >= 11 is 0. The van der Waals surface area contributed by atoms with E-state index in [9.17, 15) is 9.90 Å². The number of anilines is 1. The highest BCUT2D eigenvalue weighted by Gasteiger charge is 2.43. The summed E-state index contributed by atoms with van der Waals surface area (Å²) in [5.74, 6) is -0.890. The Morgan fingerprint density at radius 1 is 1.07 bits per heavy atom. The second kappa shape index (κ2) is 9.11. The number of carboxylic acid groups (broad SMARTS) is 1. The lowest BCUT2D eigenvalue weighted by Crippen LogP contribution is -3.00. The van der Waals surface area contributed by atoms with Crippen LogP contribution in [0.5, 0.6) is 0 Å². The molecule has 0 saturated heterocycles. The molecule has 0 aliphatic carbocycles. The molecule has 1 heterocycles. The van der Waals surface area contributed by atoms with E-state index in [1.54, 1.807) is 12.1 Å². The molecular weight excluding hydrogens is 475 g/mol. The Bertz CT molecular complexity index is 955. The molecule has 0 aromatic heterocycles. The maximum atomic E-state index is 11.4. The van der Waals surface area contributed by atoms with Gasteiger partial charge >= 0.3 is 5.97 Å². The van der Waals surface area contributed by atoms with Crippen molar-refractivity contribution in [3.05, 3.63) is 65.2 Å². The van der Waals surface area contributed by atoms with Crippen LogP contribution in [0.1, 0.15) is 49.2 Å². The molecule has 1 N–H and O–H groups in total. The predicted molar refractivity (Wildman–Crippen MR) is 116 cm³/mol. The number of hydrogen-bond donors (Lipinski definition) is 1. The Balaban J connectivity index is 0.00000300. The van der Waals surface area contributed by atoms with Crippen molar-refractivity contribution in [3.8, 4) is 0 Å². The van der Waals surface area contributed by atoms with E-state index in [4.69, 9.17) is 0 Å². The van der Waals surface area contributed by atoms with Crippen molar-refractivity contribution in [2.24, 2.45) is 0 Å². The summed E-state index contributed by atoms with van der Waals surface area (Å²) in [6.45, 7) is 10.6. The van der Waals surface area contributed by atoms with E-state index in [1.807, 2.05) is 13.1 Å². The minimum atomic E-state index is -0.890. The summed E-state index contributed by atoms with van der Waals surface area (Å²) in [5.41, 5.74) is 5.72. The summed E-state index contributed by atoms with van der Waals surface area (Å²) in [4.78, 5) is 13.7. The molecule has 1 aliphatic rings. The number of aromatic carboxylic acids is 1. The van der Waals surface area contributed by atoms with Gasteiger partial charge in [0.2, 0.25) is 5.69 Å². The lowest BCUT2D eigenvalue weighted by atomic mass is 9.80. The van der Waals surface area contributed by atoms with Crippen LogP contribution in [0, 0.1) is 0 Å². The van der Waals surface area contributed by atoms with Crippen LogP contribution in [-0.4, -0.2) is 41.5 Å². The summed E-state index contributed by atoms with van der Waals surface area (Å²) < 4.78 is 2.15. The first-order valence-corrected chi connectivity index (χ1v) is 9.81. The molecule has 0 fully saturated rings. The van der Waals surface area contributed by atoms with Crippen molar-refractivity contribution in [3.63, 3.8) is 0 Å². The predicted octanol–water partition coefficient (Wildman–Crippen LogP) is 1.95. The SMILES string of the molecule is CCN(CC)c1ccc(C=CC2=[N+](C)c3ccc(C(=O)O)cc3C2(C)C)cc1.[I-]. The summed E-state index contributed by atoms with van der Waals surface area (Å²) in [6, 6.07) is 14.0. The molecule has 5 heteroatoms. The van der Waals surface area contributed by atoms with Crippen molar-refractivity contribution in [1.82, 2.24) is 0 Å². The van der Waals surface area contributed by atoms with Gasteiger partial charge in [-0.3, -0.25) is 0 Å². The van der Waals surface area contributed by atoms with E-state index >= 15 is 0 Å². The third kappa shape index (κ3) is 4.39. The molecule has 0 amide bonds. The van der Waals surface area contributed by atoms with Crippen molar-refractivity contribution >= 4 is 29.1 Å². The zero-order chi connectivity index (χ0) is 20.5. The number of carbonyl (C=O) groups is 1. The van der Waals surface area contributed by atoms with Gasteiger partial charge in [0.25, 0.3) is 0 Å². The van der Waals surface area contributed by atoms with Crippen molar-refractivity contribution < 1.29 is 38.5 Å². The Hall–Kier alpha value is -2.15. The summed E-state index contributed by atoms with van der Waals surface area (Å²) in [7, 11) is 2.04. The zero-order valence-corrected chi connectivity index (χ0v) is 19.9. The van der Waals surface area contributed by atoms with Gasteiger partial charge in [0.15, 0.2) is 5.71 Å². The molecule has 0 atom stereocenters. The fraction of sp³-hybridized carbons (Fsp3) is 0.333.